The van der Waals surface area contributed by atoms with Crippen LogP contribution in [0.25, 0.3) is 0 Å². The van der Waals surface area contributed by atoms with Crippen molar-refractivity contribution in [1.82, 2.24) is 20.3 Å². The summed E-state index contributed by atoms with van der Waals surface area (Å²) in [6.45, 7) is 3.78. The zero-order valence-corrected chi connectivity index (χ0v) is 10.5. The van der Waals surface area contributed by atoms with E-state index in [0.717, 1.165) is 19.5 Å². The van der Waals surface area contributed by atoms with Gasteiger partial charge in [-0.3, -0.25) is 4.68 Å². The summed E-state index contributed by atoms with van der Waals surface area (Å²) in [6.07, 6.45) is 4.53. The maximum Gasteiger partial charge on any atom is 0.115 e. The normalized spacial score (nSPS) is 12.5. The van der Waals surface area contributed by atoms with E-state index >= 15 is 0 Å². The number of hydrogen-bond acceptors (Lipinski definition) is 4. The van der Waals surface area contributed by atoms with Gasteiger partial charge in [0, 0.05) is 18.8 Å². The van der Waals surface area contributed by atoms with E-state index in [2.05, 4.69) is 22.6 Å². The Morgan fingerprint density at radius 2 is 2.11 bits per heavy atom. The van der Waals surface area contributed by atoms with Gasteiger partial charge in [-0.1, -0.05) is 24.3 Å². The molecule has 5 nitrogen and oxygen atoms in total. The Morgan fingerprint density at radius 1 is 1.33 bits per heavy atom. The van der Waals surface area contributed by atoms with Crippen molar-refractivity contribution in [3.05, 3.63) is 42.2 Å². The number of nitrogens with one attached hydrogen (secondary N) is 1. The first-order chi connectivity index (χ1) is 8.79. The van der Waals surface area contributed by atoms with E-state index < -0.39 is 0 Å². The van der Waals surface area contributed by atoms with Crippen LogP contribution in [0.5, 0.6) is 5.75 Å². The monoisotopic (exact) mass is 246 g/mol. The highest BCUT2D eigenvalue weighted by Crippen LogP contribution is 2.19. The molecule has 2 aromatic rings. The SMILES string of the molecule is CCC(NCCn1ccnn1)c1ccc(O)cc1. The first-order valence-corrected chi connectivity index (χ1v) is 6.16. The van der Waals surface area contributed by atoms with E-state index in [4.69, 9.17) is 0 Å². The molecular weight excluding hydrogens is 228 g/mol. The van der Waals surface area contributed by atoms with Crippen molar-refractivity contribution in [2.75, 3.05) is 6.54 Å². The number of benzene rings is 1. The van der Waals surface area contributed by atoms with Crippen LogP contribution in [0.4, 0.5) is 0 Å². The molecule has 1 aromatic heterocycles. The van der Waals surface area contributed by atoms with Gasteiger partial charge >= 0.3 is 0 Å². The Balaban J connectivity index is 1.87. The van der Waals surface area contributed by atoms with Gasteiger partial charge in [0.2, 0.25) is 0 Å². The van der Waals surface area contributed by atoms with Crippen molar-refractivity contribution < 1.29 is 5.11 Å². The summed E-state index contributed by atoms with van der Waals surface area (Å²) in [5, 5.41) is 20.4. The van der Waals surface area contributed by atoms with Crippen LogP contribution < -0.4 is 5.32 Å². The van der Waals surface area contributed by atoms with Crippen LogP contribution in [0.3, 0.4) is 0 Å². The summed E-state index contributed by atoms with van der Waals surface area (Å²) in [6, 6.07) is 7.64. The molecule has 18 heavy (non-hydrogen) atoms. The third kappa shape index (κ3) is 3.30. The zero-order chi connectivity index (χ0) is 12.8. The minimum absolute atomic E-state index is 0.300. The molecule has 0 amide bonds. The molecule has 0 bridgehead atoms. The van der Waals surface area contributed by atoms with Gasteiger partial charge in [-0.05, 0) is 24.1 Å². The van der Waals surface area contributed by atoms with Gasteiger partial charge in [0.1, 0.15) is 5.75 Å². The number of phenols is 1. The molecule has 0 saturated carbocycles. The van der Waals surface area contributed by atoms with Crippen LogP contribution in [0.2, 0.25) is 0 Å². The molecule has 5 heteroatoms. The molecule has 0 spiro atoms. The molecule has 0 aliphatic rings. The van der Waals surface area contributed by atoms with Crippen molar-refractivity contribution in [3.63, 3.8) is 0 Å². The number of aromatic nitrogens is 3. The van der Waals surface area contributed by atoms with Crippen LogP contribution in [-0.4, -0.2) is 26.6 Å². The van der Waals surface area contributed by atoms with Crippen LogP contribution in [0, 0.1) is 0 Å². The lowest BCUT2D eigenvalue weighted by Crippen LogP contribution is -2.25. The molecule has 0 fully saturated rings. The fourth-order valence-electron chi connectivity index (χ4n) is 1.91. The Kier molecular flexibility index (Phi) is 4.30. The standard InChI is InChI=1S/C13H18N4O/c1-2-13(11-3-5-12(18)6-4-11)14-7-9-17-10-8-15-16-17/h3-6,8,10,13-14,18H,2,7,9H2,1H3. The first-order valence-electron chi connectivity index (χ1n) is 6.16. The van der Waals surface area contributed by atoms with Gasteiger partial charge < -0.3 is 10.4 Å². The van der Waals surface area contributed by atoms with Crippen LogP contribution in [0.15, 0.2) is 36.7 Å². The van der Waals surface area contributed by atoms with Crippen LogP contribution in [0.1, 0.15) is 24.9 Å². The summed E-state index contributed by atoms with van der Waals surface area (Å²) in [4.78, 5) is 0. The smallest absolute Gasteiger partial charge is 0.115 e. The maximum atomic E-state index is 9.27. The van der Waals surface area contributed by atoms with Crippen LogP contribution in [-0.2, 0) is 6.54 Å². The van der Waals surface area contributed by atoms with E-state index in [1.54, 1.807) is 23.0 Å². The van der Waals surface area contributed by atoms with E-state index in [1.807, 2.05) is 18.3 Å². The minimum Gasteiger partial charge on any atom is -0.508 e. The van der Waals surface area contributed by atoms with Crippen LogP contribution >= 0.6 is 0 Å². The minimum atomic E-state index is 0.300. The molecule has 0 aliphatic heterocycles. The number of aromatic hydroxyl groups is 1. The van der Waals surface area contributed by atoms with E-state index in [9.17, 15) is 5.11 Å². The highest BCUT2D eigenvalue weighted by molar-refractivity contribution is 5.27. The Bertz CT molecular complexity index is 452. The third-order valence-corrected chi connectivity index (χ3v) is 2.91. The molecule has 1 unspecified atom stereocenters. The molecule has 0 aliphatic carbocycles. The Morgan fingerprint density at radius 3 is 2.72 bits per heavy atom. The molecular formula is C13H18N4O. The van der Waals surface area contributed by atoms with Gasteiger partial charge in [-0.2, -0.15) is 0 Å². The largest absolute Gasteiger partial charge is 0.508 e. The van der Waals surface area contributed by atoms with Gasteiger partial charge in [0.25, 0.3) is 0 Å². The third-order valence-electron chi connectivity index (χ3n) is 2.91. The molecule has 1 atom stereocenters. The second kappa shape index (κ2) is 6.16. The number of phenolic OH excluding ortho intramolecular Hbond substituents is 1. The zero-order valence-electron chi connectivity index (χ0n) is 10.5. The lowest BCUT2D eigenvalue weighted by Gasteiger charge is -2.17. The highest BCUT2D eigenvalue weighted by Gasteiger charge is 2.08. The second-order valence-corrected chi connectivity index (χ2v) is 4.17. The molecule has 2 N–H and O–H groups in total. The second-order valence-electron chi connectivity index (χ2n) is 4.17. The van der Waals surface area contributed by atoms with Crippen molar-refractivity contribution in [1.29, 1.82) is 0 Å². The number of nitrogens with zero attached hydrogens (tertiary/aromatic N) is 3. The Labute approximate surface area is 106 Å². The molecule has 1 aromatic carbocycles. The summed E-state index contributed by atoms with van der Waals surface area (Å²) >= 11 is 0. The lowest BCUT2D eigenvalue weighted by molar-refractivity contribution is 0.465. The summed E-state index contributed by atoms with van der Waals surface area (Å²) < 4.78 is 1.80. The highest BCUT2D eigenvalue weighted by atomic mass is 16.3. The Hall–Kier alpha value is -1.88. The topological polar surface area (TPSA) is 63.0 Å². The summed E-state index contributed by atoms with van der Waals surface area (Å²) in [5.74, 6) is 0.302. The van der Waals surface area contributed by atoms with E-state index in [1.165, 1.54) is 5.56 Å². The molecule has 96 valence electrons. The van der Waals surface area contributed by atoms with Gasteiger partial charge in [-0.25, -0.2) is 0 Å². The van der Waals surface area contributed by atoms with E-state index in [0.29, 0.717) is 11.8 Å². The molecule has 0 saturated heterocycles. The predicted octanol–water partition coefficient (Wildman–Crippen LogP) is 1.72. The van der Waals surface area contributed by atoms with E-state index in [-0.39, 0.29) is 0 Å². The van der Waals surface area contributed by atoms with Gasteiger partial charge in [0.05, 0.1) is 12.7 Å². The lowest BCUT2D eigenvalue weighted by atomic mass is 10.0. The average Bonchev–Trinajstić information content (AvgIpc) is 2.89. The van der Waals surface area contributed by atoms with Crippen molar-refractivity contribution in [2.45, 2.75) is 25.9 Å². The van der Waals surface area contributed by atoms with Crippen molar-refractivity contribution in [2.24, 2.45) is 0 Å². The van der Waals surface area contributed by atoms with Gasteiger partial charge in [-0.15, -0.1) is 5.10 Å². The molecule has 1 heterocycles. The molecule has 0 radical (unpaired) electrons. The van der Waals surface area contributed by atoms with Gasteiger partial charge in [0.15, 0.2) is 0 Å². The predicted molar refractivity (Wildman–Crippen MR) is 69.2 cm³/mol. The summed E-state index contributed by atoms with van der Waals surface area (Å²) in [7, 11) is 0. The fourth-order valence-corrected chi connectivity index (χ4v) is 1.91. The average molecular weight is 246 g/mol. The quantitative estimate of drug-likeness (QED) is 0.814. The number of rotatable bonds is 6. The number of hydrogen-bond donors (Lipinski definition) is 2. The molecule has 2 rings (SSSR count). The summed E-state index contributed by atoms with van der Waals surface area (Å²) in [5.41, 5.74) is 1.19. The fraction of sp³-hybridized carbons (Fsp3) is 0.385. The maximum absolute atomic E-state index is 9.27. The van der Waals surface area contributed by atoms with Crippen molar-refractivity contribution in [3.8, 4) is 5.75 Å². The first kappa shape index (κ1) is 12.6. The van der Waals surface area contributed by atoms with Crippen molar-refractivity contribution >= 4 is 0 Å².